The van der Waals surface area contributed by atoms with E-state index in [4.69, 9.17) is 18.4 Å². The normalized spacial score (nSPS) is 34.9. The molecule has 0 aromatic heterocycles. The molecule has 9 heteroatoms. The quantitative estimate of drug-likeness (QED) is 0.507. The molecule has 2 heterocycles. The second kappa shape index (κ2) is 4.67. The van der Waals surface area contributed by atoms with Gasteiger partial charge in [-0.15, -0.1) is 0 Å². The molecule has 0 bridgehead atoms. The second-order valence-electron chi connectivity index (χ2n) is 4.94. The number of cyclic esters (lactones) is 1. The first kappa shape index (κ1) is 14.7. The molecule has 0 saturated carbocycles. The minimum atomic E-state index is -3.80. The Morgan fingerprint density at radius 3 is 2.58 bits per heavy atom. The lowest BCUT2D eigenvalue weighted by atomic mass is 10.1. The van der Waals surface area contributed by atoms with Crippen LogP contribution in [0.4, 0.5) is 0 Å². The van der Waals surface area contributed by atoms with Crippen LogP contribution >= 0.6 is 0 Å². The summed E-state index contributed by atoms with van der Waals surface area (Å²) in [4.78, 5) is 11.6. The van der Waals surface area contributed by atoms with Crippen molar-refractivity contribution in [2.24, 2.45) is 0 Å². The number of hydrogen-bond acceptors (Lipinski definition) is 8. The van der Waals surface area contributed by atoms with Crippen LogP contribution in [0.1, 0.15) is 13.8 Å². The van der Waals surface area contributed by atoms with E-state index in [9.17, 15) is 18.3 Å². The number of carbonyl (C=O) groups excluding carboxylic acids is 1. The van der Waals surface area contributed by atoms with Gasteiger partial charge in [0.2, 0.25) is 0 Å². The largest absolute Gasteiger partial charge is 0.455 e. The van der Waals surface area contributed by atoms with Gasteiger partial charge in [-0.05, 0) is 13.8 Å². The summed E-state index contributed by atoms with van der Waals surface area (Å²) in [6, 6.07) is 0. The van der Waals surface area contributed by atoms with Gasteiger partial charge >= 0.3 is 5.97 Å². The predicted molar refractivity (Wildman–Crippen MR) is 60.5 cm³/mol. The maximum Gasteiger partial charge on any atom is 0.338 e. The van der Waals surface area contributed by atoms with E-state index in [-0.39, 0.29) is 0 Å². The van der Waals surface area contributed by atoms with Gasteiger partial charge in [0.1, 0.15) is 12.2 Å². The van der Waals surface area contributed by atoms with E-state index in [0.29, 0.717) is 0 Å². The Labute approximate surface area is 110 Å². The van der Waals surface area contributed by atoms with Gasteiger partial charge in [0.25, 0.3) is 10.1 Å². The first-order valence-electron chi connectivity index (χ1n) is 5.68. The summed E-state index contributed by atoms with van der Waals surface area (Å²) in [5.41, 5.74) is 0. The van der Waals surface area contributed by atoms with Gasteiger partial charge in [0, 0.05) is 0 Å². The minimum Gasteiger partial charge on any atom is -0.455 e. The molecular weight excluding hydrogens is 280 g/mol. The van der Waals surface area contributed by atoms with Crippen molar-refractivity contribution in [1.82, 2.24) is 0 Å². The smallest absolute Gasteiger partial charge is 0.338 e. The van der Waals surface area contributed by atoms with Gasteiger partial charge in [0.15, 0.2) is 18.0 Å². The summed E-state index contributed by atoms with van der Waals surface area (Å²) in [7, 11) is -3.80. The fourth-order valence-electron chi connectivity index (χ4n) is 2.18. The monoisotopic (exact) mass is 296 g/mol. The Bertz CT molecular complexity index is 470. The molecule has 0 radical (unpaired) electrons. The van der Waals surface area contributed by atoms with Crippen LogP contribution in [0.5, 0.6) is 0 Å². The lowest BCUT2D eigenvalue weighted by Gasteiger charge is -2.25. The van der Waals surface area contributed by atoms with Crippen molar-refractivity contribution in [2.75, 3.05) is 12.9 Å². The molecule has 0 amide bonds. The zero-order valence-electron chi connectivity index (χ0n) is 10.7. The molecule has 1 N–H and O–H groups in total. The second-order valence-corrected chi connectivity index (χ2v) is 6.54. The number of esters is 1. The summed E-state index contributed by atoms with van der Waals surface area (Å²) in [6.07, 6.45) is -3.14. The molecule has 2 fully saturated rings. The third-order valence-electron chi connectivity index (χ3n) is 2.78. The maximum absolute atomic E-state index is 11.6. The Morgan fingerprint density at radius 1 is 1.42 bits per heavy atom. The summed E-state index contributed by atoms with van der Waals surface area (Å²) in [5.74, 6) is -1.63. The van der Waals surface area contributed by atoms with Crippen molar-refractivity contribution >= 4 is 16.1 Å². The highest BCUT2D eigenvalue weighted by atomic mass is 32.2. The molecule has 2 aliphatic rings. The van der Waals surface area contributed by atoms with Crippen LogP contribution in [0.25, 0.3) is 0 Å². The van der Waals surface area contributed by atoms with Gasteiger partial charge in [-0.25, -0.2) is 4.79 Å². The van der Waals surface area contributed by atoms with Gasteiger partial charge in [-0.3, -0.25) is 4.18 Å². The number of aliphatic hydroxyl groups is 1. The lowest BCUT2D eigenvalue weighted by molar-refractivity contribution is -0.193. The van der Waals surface area contributed by atoms with Crippen molar-refractivity contribution in [3.05, 3.63) is 0 Å². The minimum absolute atomic E-state index is 0.627. The highest BCUT2D eigenvalue weighted by Crippen LogP contribution is 2.37. The zero-order valence-corrected chi connectivity index (χ0v) is 11.5. The van der Waals surface area contributed by atoms with Gasteiger partial charge < -0.3 is 19.3 Å². The van der Waals surface area contributed by atoms with Crippen LogP contribution < -0.4 is 0 Å². The predicted octanol–water partition coefficient (Wildman–Crippen LogP) is -1.23. The average molecular weight is 296 g/mol. The number of carbonyl (C=O) groups is 1. The van der Waals surface area contributed by atoms with E-state index >= 15 is 0 Å². The number of fused-ring (bicyclic) bond motifs is 1. The van der Waals surface area contributed by atoms with Crippen LogP contribution in [0.3, 0.4) is 0 Å². The molecule has 2 aliphatic heterocycles. The maximum atomic E-state index is 11.6. The topological polar surface area (TPSA) is 108 Å². The SMILES string of the molecule is CC1(C)O[C@H]2[C@@H]([C@H](CO)OS(C)(=O)=O)OC(=O)[C@H]2O1. The highest BCUT2D eigenvalue weighted by molar-refractivity contribution is 7.86. The molecule has 8 nitrogen and oxygen atoms in total. The van der Waals surface area contributed by atoms with Crippen LogP contribution in [0, 0.1) is 0 Å². The first-order chi connectivity index (χ1) is 8.63. The van der Waals surface area contributed by atoms with Crippen molar-refractivity contribution in [3.8, 4) is 0 Å². The summed E-state index contributed by atoms with van der Waals surface area (Å²) in [6.45, 7) is 2.63. The number of rotatable bonds is 4. The summed E-state index contributed by atoms with van der Waals surface area (Å²) < 4.78 is 42.8. The van der Waals surface area contributed by atoms with Gasteiger partial charge in [-0.1, -0.05) is 0 Å². The summed E-state index contributed by atoms with van der Waals surface area (Å²) in [5, 5.41) is 9.21. The van der Waals surface area contributed by atoms with E-state index in [1.54, 1.807) is 13.8 Å². The Hall–Kier alpha value is -0.740. The molecule has 4 atom stereocenters. The Kier molecular flexibility index (Phi) is 3.60. The number of hydrogen-bond donors (Lipinski definition) is 1. The molecule has 110 valence electrons. The average Bonchev–Trinajstić information content (AvgIpc) is 2.70. The molecule has 2 saturated heterocycles. The third-order valence-corrected chi connectivity index (χ3v) is 3.38. The fourth-order valence-corrected chi connectivity index (χ4v) is 2.80. The molecular formula is C10H16O8S. The molecule has 0 aliphatic carbocycles. The standard InChI is InChI=1S/C10H16O8S/c1-10(2)16-7-6(15-9(12)8(7)17-10)5(4-11)18-19(3,13)14/h5-8,11H,4H2,1-3H3/t5-,6+,7-,8-/m0/s1. The van der Waals surface area contributed by atoms with E-state index in [1.165, 1.54) is 0 Å². The van der Waals surface area contributed by atoms with Crippen molar-refractivity contribution in [1.29, 1.82) is 0 Å². The van der Waals surface area contributed by atoms with Crippen LogP contribution in [0.2, 0.25) is 0 Å². The molecule has 0 aromatic rings. The molecule has 2 rings (SSSR count). The molecule has 0 unspecified atom stereocenters. The number of aliphatic hydroxyl groups excluding tert-OH is 1. The van der Waals surface area contributed by atoms with E-state index in [1.807, 2.05) is 0 Å². The molecule has 19 heavy (non-hydrogen) atoms. The van der Waals surface area contributed by atoms with Gasteiger partial charge in [-0.2, -0.15) is 8.42 Å². The van der Waals surface area contributed by atoms with Crippen molar-refractivity contribution in [3.63, 3.8) is 0 Å². The van der Waals surface area contributed by atoms with Crippen molar-refractivity contribution in [2.45, 2.75) is 44.1 Å². The Morgan fingerprint density at radius 2 is 2.05 bits per heavy atom. The first-order valence-corrected chi connectivity index (χ1v) is 7.50. The number of ether oxygens (including phenoxy) is 3. The molecule has 0 aromatic carbocycles. The van der Waals surface area contributed by atoms with E-state index in [2.05, 4.69) is 0 Å². The van der Waals surface area contributed by atoms with Gasteiger partial charge in [0.05, 0.1) is 12.9 Å². The zero-order chi connectivity index (χ0) is 14.4. The summed E-state index contributed by atoms with van der Waals surface area (Å²) >= 11 is 0. The Balaban J connectivity index is 2.18. The van der Waals surface area contributed by atoms with Crippen LogP contribution in [-0.4, -0.2) is 62.6 Å². The molecule has 0 spiro atoms. The van der Waals surface area contributed by atoms with Crippen LogP contribution in [-0.2, 0) is 33.3 Å². The van der Waals surface area contributed by atoms with Crippen molar-refractivity contribution < 1.29 is 36.7 Å². The highest BCUT2D eigenvalue weighted by Gasteiger charge is 2.58. The lowest BCUT2D eigenvalue weighted by Crippen LogP contribution is -2.43. The third kappa shape index (κ3) is 3.06. The van der Waals surface area contributed by atoms with E-state index in [0.717, 1.165) is 6.26 Å². The van der Waals surface area contributed by atoms with E-state index < -0.39 is 52.9 Å². The van der Waals surface area contributed by atoms with Crippen LogP contribution in [0.15, 0.2) is 0 Å². The fraction of sp³-hybridized carbons (Fsp3) is 0.900.